The number of rotatable bonds is 4. The van der Waals surface area contributed by atoms with E-state index in [0.29, 0.717) is 23.1 Å². The summed E-state index contributed by atoms with van der Waals surface area (Å²) in [5, 5.41) is 11.0. The van der Waals surface area contributed by atoms with Crippen LogP contribution in [-0.4, -0.2) is 51.8 Å². The van der Waals surface area contributed by atoms with Gasteiger partial charge in [0.25, 0.3) is 5.91 Å². The van der Waals surface area contributed by atoms with Gasteiger partial charge in [-0.2, -0.15) is 0 Å². The molecular weight excluding hydrogens is 403 g/mol. The minimum absolute atomic E-state index is 0.101. The maximum Gasteiger partial charge on any atom is 0.325 e. The SMILES string of the molecule is COc1ccc(-c2nnc3n2C2C(C(=O)NC(=O)N2C)N3Cc2ccccc2F)cc1. The highest BCUT2D eigenvalue weighted by atomic mass is 19.1. The monoisotopic (exact) mass is 422 g/mol. The first-order chi connectivity index (χ1) is 15.0. The summed E-state index contributed by atoms with van der Waals surface area (Å²) >= 11 is 0. The van der Waals surface area contributed by atoms with Crippen LogP contribution in [0.1, 0.15) is 11.7 Å². The van der Waals surface area contributed by atoms with Gasteiger partial charge in [-0.25, -0.2) is 9.18 Å². The number of nitrogens with one attached hydrogen (secondary N) is 1. The molecule has 2 aromatic carbocycles. The van der Waals surface area contributed by atoms with E-state index in [0.717, 1.165) is 5.56 Å². The van der Waals surface area contributed by atoms with Crippen LogP contribution >= 0.6 is 0 Å². The molecule has 0 radical (unpaired) electrons. The topological polar surface area (TPSA) is 92.6 Å². The summed E-state index contributed by atoms with van der Waals surface area (Å²) < 4.78 is 21.3. The van der Waals surface area contributed by atoms with Crippen molar-refractivity contribution in [1.29, 1.82) is 0 Å². The highest BCUT2D eigenvalue weighted by Crippen LogP contribution is 2.41. The second-order valence-electron chi connectivity index (χ2n) is 7.41. The number of amides is 3. The number of methoxy groups -OCH3 is 1. The minimum atomic E-state index is -0.773. The maximum absolute atomic E-state index is 14.4. The lowest BCUT2D eigenvalue weighted by atomic mass is 10.1. The van der Waals surface area contributed by atoms with Gasteiger partial charge in [0.2, 0.25) is 5.95 Å². The molecular formula is C21H19FN6O3. The van der Waals surface area contributed by atoms with Gasteiger partial charge in [0.05, 0.1) is 7.11 Å². The van der Waals surface area contributed by atoms with Gasteiger partial charge in [-0.1, -0.05) is 18.2 Å². The zero-order valence-corrected chi connectivity index (χ0v) is 16.8. The lowest BCUT2D eigenvalue weighted by Gasteiger charge is -2.37. The molecule has 3 heterocycles. The number of halogens is 1. The summed E-state index contributed by atoms with van der Waals surface area (Å²) in [7, 11) is 3.18. The van der Waals surface area contributed by atoms with Crippen molar-refractivity contribution in [3.63, 3.8) is 0 Å². The Morgan fingerprint density at radius 2 is 1.84 bits per heavy atom. The highest BCUT2D eigenvalue weighted by molar-refractivity contribution is 6.02. The van der Waals surface area contributed by atoms with E-state index in [1.54, 1.807) is 54.0 Å². The Labute approximate surface area is 177 Å². The average molecular weight is 422 g/mol. The number of benzene rings is 2. The lowest BCUT2D eigenvalue weighted by Crippen LogP contribution is -2.61. The van der Waals surface area contributed by atoms with Crippen molar-refractivity contribution in [2.75, 3.05) is 19.1 Å². The van der Waals surface area contributed by atoms with Crippen molar-refractivity contribution in [1.82, 2.24) is 25.0 Å². The molecule has 0 bridgehead atoms. The number of likely N-dealkylation sites (N-methyl/N-ethyl adjacent to an activating group) is 1. The molecule has 2 atom stereocenters. The summed E-state index contributed by atoms with van der Waals surface area (Å²) in [6.07, 6.45) is -0.671. The van der Waals surface area contributed by atoms with Gasteiger partial charge in [0.15, 0.2) is 11.9 Å². The summed E-state index contributed by atoms with van der Waals surface area (Å²) in [5.74, 6) is 0.732. The van der Waals surface area contributed by atoms with Gasteiger partial charge < -0.3 is 14.5 Å². The molecule has 0 spiro atoms. The second-order valence-corrected chi connectivity index (χ2v) is 7.41. The Morgan fingerprint density at radius 1 is 1.10 bits per heavy atom. The number of carbonyl (C=O) groups excluding carboxylic acids is 2. The first kappa shape index (κ1) is 19.0. The predicted octanol–water partition coefficient (Wildman–Crippen LogP) is 2.16. The molecule has 2 unspecified atom stereocenters. The molecule has 158 valence electrons. The summed E-state index contributed by atoms with van der Waals surface area (Å²) in [6, 6.07) is 12.3. The number of nitrogens with zero attached hydrogens (tertiary/aromatic N) is 5. The fourth-order valence-corrected chi connectivity index (χ4v) is 4.11. The van der Waals surface area contributed by atoms with Crippen molar-refractivity contribution >= 4 is 17.9 Å². The molecule has 1 N–H and O–H groups in total. The van der Waals surface area contributed by atoms with Crippen molar-refractivity contribution < 1.29 is 18.7 Å². The number of ether oxygens (including phenoxy) is 1. The number of urea groups is 1. The molecule has 2 aliphatic rings. The minimum Gasteiger partial charge on any atom is -0.497 e. The first-order valence-electron chi connectivity index (χ1n) is 9.66. The highest BCUT2D eigenvalue weighted by Gasteiger charge is 2.52. The predicted molar refractivity (Wildman–Crippen MR) is 109 cm³/mol. The Balaban J connectivity index is 1.63. The summed E-state index contributed by atoms with van der Waals surface area (Å²) in [6.45, 7) is 0.101. The number of hydrogen-bond acceptors (Lipinski definition) is 6. The molecule has 1 saturated heterocycles. The third kappa shape index (κ3) is 2.90. The number of carbonyl (C=O) groups is 2. The Hall–Kier alpha value is -3.95. The van der Waals surface area contributed by atoms with Crippen molar-refractivity contribution in [3.05, 3.63) is 59.9 Å². The van der Waals surface area contributed by atoms with Crippen LogP contribution in [-0.2, 0) is 11.3 Å². The van der Waals surface area contributed by atoms with Crippen LogP contribution in [0.3, 0.4) is 0 Å². The van der Waals surface area contributed by atoms with E-state index in [1.165, 1.54) is 11.0 Å². The molecule has 2 aliphatic heterocycles. The number of aromatic nitrogens is 3. The van der Waals surface area contributed by atoms with Crippen LogP contribution in [0.4, 0.5) is 15.1 Å². The van der Waals surface area contributed by atoms with E-state index in [2.05, 4.69) is 15.5 Å². The molecule has 1 aromatic heterocycles. The fourth-order valence-electron chi connectivity index (χ4n) is 4.11. The lowest BCUT2D eigenvalue weighted by molar-refractivity contribution is -0.124. The van der Waals surface area contributed by atoms with E-state index in [4.69, 9.17) is 4.74 Å². The zero-order chi connectivity index (χ0) is 21.7. The van der Waals surface area contributed by atoms with Crippen molar-refractivity contribution in [2.45, 2.75) is 18.8 Å². The van der Waals surface area contributed by atoms with Gasteiger partial charge in [0, 0.05) is 24.7 Å². The normalized spacial score (nSPS) is 19.8. The van der Waals surface area contributed by atoms with Crippen molar-refractivity contribution in [2.24, 2.45) is 0 Å². The average Bonchev–Trinajstić information content (AvgIpc) is 3.33. The number of hydrogen-bond donors (Lipinski definition) is 1. The van der Waals surface area contributed by atoms with Crippen LogP contribution in [0.25, 0.3) is 11.4 Å². The van der Waals surface area contributed by atoms with E-state index >= 15 is 0 Å². The first-order valence-corrected chi connectivity index (χ1v) is 9.66. The molecule has 1 fully saturated rings. The van der Waals surface area contributed by atoms with E-state index in [-0.39, 0.29) is 12.4 Å². The number of imide groups is 1. The van der Waals surface area contributed by atoms with Gasteiger partial charge in [-0.3, -0.25) is 14.7 Å². The quantitative estimate of drug-likeness (QED) is 0.693. The standard InChI is InChI=1S/C21H19FN6O3/c1-26-19-16(18(29)23-21(26)30)27(11-13-5-3-4-6-15(13)22)20-25-24-17(28(19)20)12-7-9-14(31-2)10-8-12/h3-10,16,19H,11H2,1-2H3,(H,23,29,30). The van der Waals surface area contributed by atoms with Gasteiger partial charge >= 0.3 is 6.03 Å². The van der Waals surface area contributed by atoms with Crippen LogP contribution in [0.5, 0.6) is 5.75 Å². The maximum atomic E-state index is 14.4. The molecule has 31 heavy (non-hydrogen) atoms. The van der Waals surface area contributed by atoms with Gasteiger partial charge in [0.1, 0.15) is 17.7 Å². The van der Waals surface area contributed by atoms with Gasteiger partial charge in [-0.15, -0.1) is 10.2 Å². The Morgan fingerprint density at radius 3 is 2.55 bits per heavy atom. The van der Waals surface area contributed by atoms with Crippen LogP contribution in [0.15, 0.2) is 48.5 Å². The smallest absolute Gasteiger partial charge is 0.325 e. The third-order valence-electron chi connectivity index (χ3n) is 5.68. The molecule has 3 amide bonds. The Bertz CT molecular complexity index is 1180. The Kier molecular flexibility index (Phi) is 4.35. The van der Waals surface area contributed by atoms with Crippen molar-refractivity contribution in [3.8, 4) is 17.1 Å². The van der Waals surface area contributed by atoms with E-state index in [9.17, 15) is 14.0 Å². The zero-order valence-electron chi connectivity index (χ0n) is 16.8. The second kappa shape index (κ2) is 7.08. The van der Waals surface area contributed by atoms with E-state index in [1.807, 2.05) is 12.1 Å². The summed E-state index contributed by atoms with van der Waals surface area (Å²) in [4.78, 5) is 28.3. The van der Waals surface area contributed by atoms with Crippen LogP contribution < -0.4 is 15.0 Å². The molecule has 3 aromatic rings. The third-order valence-corrected chi connectivity index (χ3v) is 5.68. The van der Waals surface area contributed by atoms with E-state index < -0.39 is 24.1 Å². The molecule has 10 heteroatoms. The fraction of sp³-hybridized carbons (Fsp3) is 0.238. The molecule has 0 saturated carbocycles. The number of fused-ring (bicyclic) bond motifs is 3. The van der Waals surface area contributed by atoms with Gasteiger partial charge in [-0.05, 0) is 30.3 Å². The summed E-state index contributed by atoms with van der Waals surface area (Å²) in [5.41, 5.74) is 1.16. The number of anilines is 1. The van der Waals surface area contributed by atoms with Crippen LogP contribution in [0, 0.1) is 5.82 Å². The molecule has 5 rings (SSSR count). The largest absolute Gasteiger partial charge is 0.497 e. The molecule has 9 nitrogen and oxygen atoms in total. The van der Waals surface area contributed by atoms with Crippen LogP contribution in [0.2, 0.25) is 0 Å². The molecule has 0 aliphatic carbocycles.